The van der Waals surface area contributed by atoms with Crippen LogP contribution in [-0.2, 0) is 0 Å². The van der Waals surface area contributed by atoms with Crippen LogP contribution in [0.25, 0.3) is 0 Å². The number of phenols is 2. The van der Waals surface area contributed by atoms with Crippen molar-refractivity contribution in [3.63, 3.8) is 0 Å². The molecular formula is C15H16O4. The van der Waals surface area contributed by atoms with Crippen LogP contribution < -0.4 is 0 Å². The number of ketones is 1. The number of rotatable bonds is 2. The van der Waals surface area contributed by atoms with Crippen molar-refractivity contribution in [1.82, 2.24) is 0 Å². The highest BCUT2D eigenvalue weighted by Gasteiger charge is 2.14. The van der Waals surface area contributed by atoms with Crippen LogP contribution in [0.15, 0.2) is 48.5 Å². The maximum atomic E-state index is 11.9. The summed E-state index contributed by atoms with van der Waals surface area (Å²) in [7, 11) is 0. The number of aromatic hydroxyl groups is 2. The number of carbonyl (C=O) groups excluding carboxylic acids is 1. The Labute approximate surface area is 111 Å². The van der Waals surface area contributed by atoms with E-state index < -0.39 is 0 Å². The lowest BCUT2D eigenvalue weighted by molar-refractivity contribution is 0.103. The van der Waals surface area contributed by atoms with Gasteiger partial charge in [0, 0.05) is 12.2 Å². The molecule has 4 nitrogen and oxygen atoms in total. The smallest absolute Gasteiger partial charge is 0.196 e. The third kappa shape index (κ3) is 3.82. The fraction of sp³-hybridized carbons (Fsp3) is 0.133. The number of phenolic OH excluding ortho intramolecular Hbond substituents is 2. The minimum Gasteiger partial charge on any atom is -0.504 e. The van der Waals surface area contributed by atoms with Gasteiger partial charge >= 0.3 is 0 Å². The molecule has 3 N–H and O–H groups in total. The molecule has 0 aromatic heterocycles. The molecule has 4 heteroatoms. The van der Waals surface area contributed by atoms with Crippen molar-refractivity contribution in [2.75, 3.05) is 6.61 Å². The van der Waals surface area contributed by atoms with Crippen molar-refractivity contribution in [2.24, 2.45) is 0 Å². The standard InChI is InChI=1S/C13H10O3.C2H6O/c14-11-8-4-7-10(13(11)16)12(15)9-5-2-1-3-6-9;1-2-3/h1-8,14,16H;3H,2H2,1H3. The Morgan fingerprint density at radius 1 is 1.00 bits per heavy atom. The van der Waals surface area contributed by atoms with Crippen LogP contribution in [0.5, 0.6) is 11.5 Å². The number of hydrogen-bond acceptors (Lipinski definition) is 4. The molecule has 19 heavy (non-hydrogen) atoms. The summed E-state index contributed by atoms with van der Waals surface area (Å²) in [6.45, 7) is 1.93. The van der Waals surface area contributed by atoms with E-state index in [-0.39, 0.29) is 29.5 Å². The highest BCUT2D eigenvalue weighted by molar-refractivity contribution is 6.11. The zero-order valence-electron chi connectivity index (χ0n) is 10.6. The van der Waals surface area contributed by atoms with E-state index in [0.717, 1.165) is 0 Å². The summed E-state index contributed by atoms with van der Waals surface area (Å²) in [5.41, 5.74) is 0.578. The third-order valence-electron chi connectivity index (χ3n) is 2.30. The van der Waals surface area contributed by atoms with Crippen molar-refractivity contribution in [1.29, 1.82) is 0 Å². The van der Waals surface area contributed by atoms with Gasteiger partial charge in [0.1, 0.15) is 0 Å². The first-order valence-electron chi connectivity index (χ1n) is 5.83. The summed E-state index contributed by atoms with van der Waals surface area (Å²) in [5.74, 6) is -0.980. The minimum absolute atomic E-state index is 0.103. The molecule has 0 aliphatic heterocycles. The van der Waals surface area contributed by atoms with Gasteiger partial charge in [0.25, 0.3) is 0 Å². The predicted molar refractivity (Wildman–Crippen MR) is 72.4 cm³/mol. The van der Waals surface area contributed by atoms with Crippen LogP contribution in [0.4, 0.5) is 0 Å². The van der Waals surface area contributed by atoms with E-state index in [9.17, 15) is 15.0 Å². The third-order valence-corrected chi connectivity index (χ3v) is 2.30. The first-order valence-corrected chi connectivity index (χ1v) is 5.83. The number of hydrogen-bond donors (Lipinski definition) is 3. The van der Waals surface area contributed by atoms with Crippen molar-refractivity contribution in [3.05, 3.63) is 59.7 Å². The van der Waals surface area contributed by atoms with Crippen LogP contribution in [-0.4, -0.2) is 27.7 Å². The summed E-state index contributed by atoms with van der Waals surface area (Å²) in [4.78, 5) is 11.9. The lowest BCUT2D eigenvalue weighted by Gasteiger charge is -2.04. The Morgan fingerprint density at radius 2 is 1.58 bits per heavy atom. The number of aliphatic hydroxyl groups excluding tert-OH is 1. The molecule has 0 fully saturated rings. The second-order valence-electron chi connectivity index (χ2n) is 3.68. The molecule has 0 atom stereocenters. The molecule has 0 radical (unpaired) electrons. The Morgan fingerprint density at radius 3 is 2.16 bits per heavy atom. The molecule has 0 aliphatic carbocycles. The number of benzene rings is 2. The molecule has 0 saturated heterocycles. The van der Waals surface area contributed by atoms with E-state index in [2.05, 4.69) is 0 Å². The lowest BCUT2D eigenvalue weighted by atomic mass is 10.0. The molecule has 0 spiro atoms. The lowest BCUT2D eigenvalue weighted by Crippen LogP contribution is -2.01. The average molecular weight is 260 g/mol. The average Bonchev–Trinajstić information content (AvgIpc) is 2.43. The second kappa shape index (κ2) is 7.18. The molecule has 2 rings (SSSR count). The quantitative estimate of drug-likeness (QED) is 0.572. The molecule has 0 amide bonds. The topological polar surface area (TPSA) is 77.8 Å². The van der Waals surface area contributed by atoms with Crippen molar-refractivity contribution < 1.29 is 20.1 Å². The maximum absolute atomic E-state index is 11.9. The fourth-order valence-corrected chi connectivity index (χ4v) is 1.46. The largest absolute Gasteiger partial charge is 0.504 e. The van der Waals surface area contributed by atoms with Crippen molar-refractivity contribution >= 4 is 5.78 Å². The predicted octanol–water partition coefficient (Wildman–Crippen LogP) is 2.33. The van der Waals surface area contributed by atoms with Crippen LogP contribution in [0.3, 0.4) is 0 Å². The van der Waals surface area contributed by atoms with Gasteiger partial charge in [-0.1, -0.05) is 36.4 Å². The Hall–Kier alpha value is -2.33. The molecule has 0 unspecified atom stereocenters. The summed E-state index contributed by atoms with van der Waals surface area (Å²) in [6.07, 6.45) is 0. The van der Waals surface area contributed by atoms with Crippen LogP contribution in [0, 0.1) is 0 Å². The van der Waals surface area contributed by atoms with E-state index in [1.165, 1.54) is 18.2 Å². The van der Waals surface area contributed by atoms with Gasteiger partial charge in [-0.3, -0.25) is 4.79 Å². The number of carbonyl (C=O) groups is 1. The van der Waals surface area contributed by atoms with E-state index in [1.807, 2.05) is 0 Å². The SMILES string of the molecule is CCO.O=C(c1ccccc1)c1cccc(O)c1O. The first kappa shape index (κ1) is 14.7. The van der Waals surface area contributed by atoms with Crippen molar-refractivity contribution in [3.8, 4) is 11.5 Å². The molecular weight excluding hydrogens is 244 g/mol. The van der Waals surface area contributed by atoms with Gasteiger partial charge in [-0.2, -0.15) is 0 Å². The normalized spacial score (nSPS) is 9.37. The fourth-order valence-electron chi connectivity index (χ4n) is 1.46. The van der Waals surface area contributed by atoms with E-state index in [0.29, 0.717) is 5.56 Å². The van der Waals surface area contributed by atoms with Crippen LogP contribution in [0.2, 0.25) is 0 Å². The number of para-hydroxylation sites is 1. The van der Waals surface area contributed by atoms with Gasteiger partial charge in [-0.25, -0.2) is 0 Å². The first-order chi connectivity index (χ1) is 9.11. The van der Waals surface area contributed by atoms with Gasteiger partial charge in [0.15, 0.2) is 17.3 Å². The van der Waals surface area contributed by atoms with Crippen molar-refractivity contribution in [2.45, 2.75) is 6.92 Å². The van der Waals surface area contributed by atoms with Gasteiger partial charge in [-0.05, 0) is 19.1 Å². The van der Waals surface area contributed by atoms with E-state index in [1.54, 1.807) is 37.3 Å². The Kier molecular flexibility index (Phi) is 5.57. The Balaban J connectivity index is 0.000000550. The summed E-state index contributed by atoms with van der Waals surface area (Å²) in [6, 6.07) is 12.9. The monoisotopic (exact) mass is 260 g/mol. The summed E-state index contributed by atoms with van der Waals surface area (Å²) < 4.78 is 0. The molecule has 2 aromatic carbocycles. The zero-order valence-corrected chi connectivity index (χ0v) is 10.6. The van der Waals surface area contributed by atoms with E-state index >= 15 is 0 Å². The maximum Gasteiger partial charge on any atom is 0.196 e. The zero-order chi connectivity index (χ0) is 14.3. The molecule has 100 valence electrons. The van der Waals surface area contributed by atoms with Gasteiger partial charge < -0.3 is 15.3 Å². The number of aliphatic hydroxyl groups is 1. The molecule has 0 saturated carbocycles. The minimum atomic E-state index is -0.378. The molecule has 0 aliphatic rings. The molecule has 2 aromatic rings. The highest BCUT2D eigenvalue weighted by Crippen LogP contribution is 2.29. The van der Waals surface area contributed by atoms with Gasteiger partial charge in [0.2, 0.25) is 0 Å². The van der Waals surface area contributed by atoms with Gasteiger partial charge in [-0.15, -0.1) is 0 Å². The van der Waals surface area contributed by atoms with E-state index in [4.69, 9.17) is 5.11 Å². The molecule has 0 bridgehead atoms. The highest BCUT2D eigenvalue weighted by atomic mass is 16.3. The Bertz CT molecular complexity index is 535. The van der Waals surface area contributed by atoms with Crippen LogP contribution in [0.1, 0.15) is 22.8 Å². The molecule has 0 heterocycles. The summed E-state index contributed by atoms with van der Waals surface area (Å²) in [5, 5.41) is 26.4. The second-order valence-corrected chi connectivity index (χ2v) is 3.68. The summed E-state index contributed by atoms with van der Waals surface area (Å²) >= 11 is 0. The van der Waals surface area contributed by atoms with Crippen LogP contribution >= 0.6 is 0 Å². The van der Waals surface area contributed by atoms with Gasteiger partial charge in [0.05, 0.1) is 5.56 Å².